The van der Waals surface area contributed by atoms with E-state index in [9.17, 15) is 4.79 Å². The summed E-state index contributed by atoms with van der Waals surface area (Å²) in [5.41, 5.74) is 7.74. The third-order valence-electron chi connectivity index (χ3n) is 3.51. The maximum Gasteiger partial charge on any atom is 0.223 e. The Morgan fingerprint density at radius 3 is 2.55 bits per heavy atom. The van der Waals surface area contributed by atoms with Crippen LogP contribution in [-0.2, 0) is 17.8 Å². The number of nitrogens with two attached hydrogens (primary N) is 1. The lowest BCUT2D eigenvalue weighted by Crippen LogP contribution is -2.36. The topological polar surface area (TPSA) is 46.3 Å². The van der Waals surface area contributed by atoms with Gasteiger partial charge in [0.2, 0.25) is 5.91 Å². The number of nitrogen functional groups attached to an aromatic ring is 1. The number of anilines is 1. The molecule has 0 aliphatic heterocycles. The highest BCUT2D eigenvalue weighted by Crippen LogP contribution is 2.17. The smallest absolute Gasteiger partial charge is 0.223 e. The van der Waals surface area contributed by atoms with E-state index in [2.05, 4.69) is 19.9 Å². The van der Waals surface area contributed by atoms with E-state index < -0.39 is 0 Å². The number of aryl methyl sites for hydroxylation is 1. The Bertz CT molecular complexity index is 584. The lowest BCUT2D eigenvalue weighted by atomic mass is 10.1. The first-order valence-corrected chi connectivity index (χ1v) is 8.11. The van der Waals surface area contributed by atoms with E-state index >= 15 is 0 Å². The molecule has 5 heteroatoms. The third-order valence-corrected chi connectivity index (χ3v) is 4.37. The summed E-state index contributed by atoms with van der Waals surface area (Å²) in [5.74, 6) is 0.182. The van der Waals surface area contributed by atoms with Gasteiger partial charge < -0.3 is 10.6 Å². The quantitative estimate of drug-likeness (QED) is 0.805. The number of nitrogens with zero attached hydrogens (tertiary/aromatic N) is 1. The van der Waals surface area contributed by atoms with Gasteiger partial charge in [0, 0.05) is 23.0 Å². The van der Waals surface area contributed by atoms with Gasteiger partial charge >= 0.3 is 0 Å². The summed E-state index contributed by atoms with van der Waals surface area (Å²) in [4.78, 5) is 15.6. The summed E-state index contributed by atoms with van der Waals surface area (Å²) < 4.78 is 0. The average molecular weight is 339 g/mol. The summed E-state index contributed by atoms with van der Waals surface area (Å²) in [6.07, 6.45) is 1.19. The molecular weight excluding hydrogens is 316 g/mol. The molecular formula is C17H23ClN2OS. The van der Waals surface area contributed by atoms with Crippen LogP contribution in [0.15, 0.2) is 41.8 Å². The van der Waals surface area contributed by atoms with Gasteiger partial charge in [-0.2, -0.15) is 0 Å². The molecule has 0 saturated carbocycles. The maximum absolute atomic E-state index is 12.5. The standard InChI is InChI=1S/C17H22N2OS.ClH/c1-13(2)19(12-15-7-5-11-21-15)17(20)10-9-14-6-3-4-8-16(14)18;/h3-8,11,13H,9-10,12,18H2,1-2H3;1H. The van der Waals surface area contributed by atoms with Gasteiger partial charge in [0.15, 0.2) is 0 Å². The number of thiophene rings is 1. The molecule has 0 spiro atoms. The fourth-order valence-corrected chi connectivity index (χ4v) is 2.98. The number of carbonyl (C=O) groups is 1. The van der Waals surface area contributed by atoms with Crippen molar-refractivity contribution in [2.45, 2.75) is 39.3 Å². The molecule has 0 aliphatic rings. The van der Waals surface area contributed by atoms with Gasteiger partial charge in [-0.05, 0) is 43.3 Å². The van der Waals surface area contributed by atoms with Crippen molar-refractivity contribution in [3.63, 3.8) is 0 Å². The second-order valence-corrected chi connectivity index (χ2v) is 6.43. The van der Waals surface area contributed by atoms with Gasteiger partial charge in [-0.1, -0.05) is 24.3 Å². The number of carbonyl (C=O) groups excluding carboxylic acids is 1. The van der Waals surface area contributed by atoms with Crippen molar-refractivity contribution >= 4 is 35.3 Å². The van der Waals surface area contributed by atoms with Gasteiger partial charge in [-0.15, -0.1) is 23.7 Å². The van der Waals surface area contributed by atoms with Crippen LogP contribution >= 0.6 is 23.7 Å². The van der Waals surface area contributed by atoms with Crippen molar-refractivity contribution < 1.29 is 4.79 Å². The Morgan fingerprint density at radius 1 is 1.23 bits per heavy atom. The van der Waals surface area contributed by atoms with Gasteiger partial charge in [0.05, 0.1) is 6.54 Å². The average Bonchev–Trinajstić information content (AvgIpc) is 2.96. The van der Waals surface area contributed by atoms with Crippen molar-refractivity contribution in [1.29, 1.82) is 0 Å². The highest BCUT2D eigenvalue weighted by Gasteiger charge is 2.17. The van der Waals surface area contributed by atoms with Crippen LogP contribution in [0.5, 0.6) is 0 Å². The predicted octanol–water partition coefficient (Wildman–Crippen LogP) is 4.12. The predicted molar refractivity (Wildman–Crippen MR) is 96.4 cm³/mol. The van der Waals surface area contributed by atoms with Gasteiger partial charge in [-0.25, -0.2) is 0 Å². The molecule has 1 aromatic carbocycles. The summed E-state index contributed by atoms with van der Waals surface area (Å²) in [5, 5.41) is 2.04. The molecule has 0 bridgehead atoms. The van der Waals surface area contributed by atoms with E-state index in [0.29, 0.717) is 19.4 Å². The van der Waals surface area contributed by atoms with Crippen molar-refractivity contribution in [1.82, 2.24) is 4.90 Å². The largest absolute Gasteiger partial charge is 0.399 e. The van der Waals surface area contributed by atoms with Crippen LogP contribution in [0, 0.1) is 0 Å². The van der Waals surface area contributed by atoms with Gasteiger partial charge in [0.25, 0.3) is 0 Å². The summed E-state index contributed by atoms with van der Waals surface area (Å²) in [7, 11) is 0. The highest BCUT2D eigenvalue weighted by atomic mass is 35.5. The summed E-state index contributed by atoms with van der Waals surface area (Å²) >= 11 is 1.69. The molecule has 0 unspecified atom stereocenters. The normalized spacial score (nSPS) is 10.3. The van der Waals surface area contributed by atoms with Crippen LogP contribution < -0.4 is 5.73 Å². The van der Waals surface area contributed by atoms with E-state index in [1.165, 1.54) is 4.88 Å². The number of halogens is 1. The lowest BCUT2D eigenvalue weighted by Gasteiger charge is -2.26. The van der Waals surface area contributed by atoms with Crippen LogP contribution in [0.1, 0.15) is 30.7 Å². The first-order valence-electron chi connectivity index (χ1n) is 7.23. The molecule has 1 amide bonds. The van der Waals surface area contributed by atoms with E-state index in [-0.39, 0.29) is 24.4 Å². The summed E-state index contributed by atoms with van der Waals surface area (Å²) in [6.45, 7) is 4.81. The number of amides is 1. The zero-order valence-corrected chi connectivity index (χ0v) is 14.6. The Morgan fingerprint density at radius 2 is 1.95 bits per heavy atom. The van der Waals surface area contributed by atoms with E-state index in [0.717, 1.165) is 11.3 Å². The molecule has 3 nitrogen and oxygen atoms in total. The van der Waals surface area contributed by atoms with E-state index in [1.807, 2.05) is 40.6 Å². The maximum atomic E-state index is 12.5. The number of rotatable bonds is 6. The molecule has 1 aromatic heterocycles. The highest BCUT2D eigenvalue weighted by molar-refractivity contribution is 7.09. The van der Waals surface area contributed by atoms with Crippen molar-refractivity contribution in [2.75, 3.05) is 5.73 Å². The molecule has 120 valence electrons. The second kappa shape index (κ2) is 8.81. The van der Waals surface area contributed by atoms with Crippen molar-refractivity contribution in [2.24, 2.45) is 0 Å². The first kappa shape index (κ1) is 18.5. The minimum atomic E-state index is 0. The molecule has 2 aromatic rings. The van der Waals surface area contributed by atoms with E-state index in [4.69, 9.17) is 5.73 Å². The molecule has 0 saturated heterocycles. The van der Waals surface area contributed by atoms with Crippen molar-refractivity contribution in [3.8, 4) is 0 Å². The zero-order chi connectivity index (χ0) is 15.2. The first-order chi connectivity index (χ1) is 10.1. The Labute approximate surface area is 142 Å². The third kappa shape index (κ3) is 5.04. The lowest BCUT2D eigenvalue weighted by molar-refractivity contribution is -0.133. The van der Waals surface area contributed by atoms with E-state index in [1.54, 1.807) is 11.3 Å². The zero-order valence-electron chi connectivity index (χ0n) is 13.0. The molecule has 0 fully saturated rings. The fourth-order valence-electron chi connectivity index (χ4n) is 2.28. The van der Waals surface area contributed by atoms with Gasteiger partial charge in [-0.3, -0.25) is 4.79 Å². The Kier molecular flexibility index (Phi) is 7.42. The summed E-state index contributed by atoms with van der Waals surface area (Å²) in [6, 6.07) is 12.0. The molecule has 0 radical (unpaired) electrons. The number of benzene rings is 1. The van der Waals surface area contributed by atoms with Crippen LogP contribution in [0.3, 0.4) is 0 Å². The van der Waals surface area contributed by atoms with Crippen LogP contribution in [0.25, 0.3) is 0 Å². The van der Waals surface area contributed by atoms with Crippen molar-refractivity contribution in [3.05, 3.63) is 52.2 Å². The molecule has 0 atom stereocenters. The van der Waals surface area contributed by atoms with Crippen LogP contribution in [-0.4, -0.2) is 16.8 Å². The minimum Gasteiger partial charge on any atom is -0.399 e. The molecule has 2 rings (SSSR count). The SMILES string of the molecule is CC(C)N(Cc1cccs1)C(=O)CCc1ccccc1N.Cl. The molecule has 1 heterocycles. The Hall–Kier alpha value is -1.52. The monoisotopic (exact) mass is 338 g/mol. The second-order valence-electron chi connectivity index (χ2n) is 5.39. The number of para-hydroxylation sites is 1. The number of hydrogen-bond donors (Lipinski definition) is 1. The molecule has 2 N–H and O–H groups in total. The molecule has 0 aliphatic carbocycles. The number of hydrogen-bond acceptors (Lipinski definition) is 3. The fraction of sp³-hybridized carbons (Fsp3) is 0.353. The van der Waals surface area contributed by atoms with Gasteiger partial charge in [0.1, 0.15) is 0 Å². The molecule has 22 heavy (non-hydrogen) atoms. The Balaban J connectivity index is 0.00000242. The van der Waals surface area contributed by atoms with Crippen LogP contribution in [0.2, 0.25) is 0 Å². The minimum absolute atomic E-state index is 0. The van der Waals surface area contributed by atoms with Crippen LogP contribution in [0.4, 0.5) is 5.69 Å².